The molecule has 1 aromatic heterocycles. The summed E-state index contributed by atoms with van der Waals surface area (Å²) in [5, 5.41) is 5.24. The summed E-state index contributed by atoms with van der Waals surface area (Å²) < 4.78 is 17.4. The molecule has 1 atom stereocenters. The Bertz CT molecular complexity index is 623. The van der Waals surface area contributed by atoms with Gasteiger partial charge in [0, 0.05) is 18.6 Å². The van der Waals surface area contributed by atoms with E-state index < -0.39 is 11.0 Å². The standard InChI is InChI=1S/C13H17N3OS/c1-13(2,3)18(17)15-8-10-5-6-12-11(7-10)9-14-16(12)4/h5-9H,1-4H3/t18-/m0/s1. The molecule has 0 amide bonds. The fourth-order valence-electron chi connectivity index (χ4n) is 1.53. The Morgan fingerprint density at radius 3 is 2.78 bits per heavy atom. The molecule has 1 heterocycles. The lowest BCUT2D eigenvalue weighted by Gasteiger charge is -2.12. The highest BCUT2D eigenvalue weighted by molar-refractivity contribution is 7.85. The van der Waals surface area contributed by atoms with Gasteiger partial charge in [-0.15, -0.1) is 0 Å². The molecule has 96 valence electrons. The molecule has 4 nitrogen and oxygen atoms in total. The highest BCUT2D eigenvalue weighted by Gasteiger charge is 2.18. The third-order valence-electron chi connectivity index (χ3n) is 2.59. The van der Waals surface area contributed by atoms with Crippen molar-refractivity contribution in [3.05, 3.63) is 30.0 Å². The van der Waals surface area contributed by atoms with Crippen LogP contribution >= 0.6 is 0 Å². The smallest absolute Gasteiger partial charge is 0.144 e. The first kappa shape index (κ1) is 13.0. The van der Waals surface area contributed by atoms with E-state index >= 15 is 0 Å². The zero-order chi connectivity index (χ0) is 13.3. The van der Waals surface area contributed by atoms with Crippen LogP contribution in [0.2, 0.25) is 0 Å². The second-order valence-electron chi connectivity index (χ2n) is 5.18. The van der Waals surface area contributed by atoms with Gasteiger partial charge >= 0.3 is 0 Å². The Hall–Kier alpha value is -1.49. The molecule has 1 aromatic carbocycles. The molecule has 0 fully saturated rings. The quantitative estimate of drug-likeness (QED) is 0.781. The normalized spacial score (nSPS) is 14.4. The first-order valence-corrected chi connectivity index (χ1v) is 6.86. The molecule has 0 unspecified atom stereocenters. The van der Waals surface area contributed by atoms with Crippen LogP contribution in [0.1, 0.15) is 26.3 Å². The summed E-state index contributed by atoms with van der Waals surface area (Å²) in [4.78, 5) is 0. The molecule has 0 bridgehead atoms. The lowest BCUT2D eigenvalue weighted by atomic mass is 10.2. The first-order chi connectivity index (χ1) is 8.38. The van der Waals surface area contributed by atoms with Gasteiger partial charge in [-0.25, -0.2) is 4.21 Å². The van der Waals surface area contributed by atoms with E-state index in [9.17, 15) is 4.21 Å². The van der Waals surface area contributed by atoms with Crippen LogP contribution in [0.25, 0.3) is 10.9 Å². The van der Waals surface area contributed by atoms with Crippen molar-refractivity contribution in [3.8, 4) is 0 Å². The minimum absolute atomic E-state index is 0.325. The molecule has 2 rings (SSSR count). The van der Waals surface area contributed by atoms with E-state index in [4.69, 9.17) is 0 Å². The van der Waals surface area contributed by atoms with Gasteiger partial charge in [0.25, 0.3) is 0 Å². The Kier molecular flexibility index (Phi) is 3.34. The number of rotatable bonds is 2. The Morgan fingerprint density at radius 2 is 2.11 bits per heavy atom. The Morgan fingerprint density at radius 1 is 1.39 bits per heavy atom. The fourth-order valence-corrected chi connectivity index (χ4v) is 2.06. The highest BCUT2D eigenvalue weighted by Crippen LogP contribution is 2.15. The second-order valence-corrected chi connectivity index (χ2v) is 7.12. The largest absolute Gasteiger partial charge is 0.268 e. The van der Waals surface area contributed by atoms with Gasteiger partial charge in [-0.2, -0.15) is 9.50 Å². The van der Waals surface area contributed by atoms with Crippen LogP contribution in [0.4, 0.5) is 0 Å². The van der Waals surface area contributed by atoms with Gasteiger partial charge in [-0.3, -0.25) is 4.68 Å². The number of nitrogens with zero attached hydrogens (tertiary/aromatic N) is 3. The van der Waals surface area contributed by atoms with Crippen molar-refractivity contribution in [3.63, 3.8) is 0 Å². The molecule has 5 heteroatoms. The van der Waals surface area contributed by atoms with Gasteiger partial charge in [0.2, 0.25) is 0 Å². The van der Waals surface area contributed by atoms with Crippen molar-refractivity contribution in [1.82, 2.24) is 9.78 Å². The summed E-state index contributed by atoms with van der Waals surface area (Å²) in [6.07, 6.45) is 3.47. The van der Waals surface area contributed by atoms with Crippen LogP contribution in [0, 0.1) is 0 Å². The van der Waals surface area contributed by atoms with Gasteiger partial charge in [0.15, 0.2) is 0 Å². The summed E-state index contributed by atoms with van der Waals surface area (Å²) in [7, 11) is 0.690. The van der Waals surface area contributed by atoms with Crippen molar-refractivity contribution in [1.29, 1.82) is 0 Å². The third kappa shape index (κ3) is 2.67. The number of aromatic nitrogens is 2. The summed E-state index contributed by atoms with van der Waals surface area (Å²) in [6.45, 7) is 5.72. The lowest BCUT2D eigenvalue weighted by Crippen LogP contribution is -2.19. The Balaban J connectivity index is 2.27. The average Bonchev–Trinajstić information content (AvgIpc) is 2.66. The fraction of sp³-hybridized carbons (Fsp3) is 0.385. The molecule has 0 spiro atoms. The van der Waals surface area contributed by atoms with E-state index in [1.54, 1.807) is 6.21 Å². The molecule has 0 radical (unpaired) electrons. The van der Waals surface area contributed by atoms with Crippen LogP contribution in [0.15, 0.2) is 28.8 Å². The number of hydrogen-bond acceptors (Lipinski definition) is 2. The van der Waals surface area contributed by atoms with E-state index in [1.807, 2.05) is 56.9 Å². The Labute approximate surface area is 109 Å². The molecular weight excluding hydrogens is 246 g/mol. The van der Waals surface area contributed by atoms with Gasteiger partial charge < -0.3 is 0 Å². The molecule has 0 saturated carbocycles. The number of benzene rings is 1. The van der Waals surface area contributed by atoms with Crippen LogP contribution in [-0.4, -0.2) is 25.0 Å². The minimum Gasteiger partial charge on any atom is -0.268 e. The van der Waals surface area contributed by atoms with Gasteiger partial charge in [0.1, 0.15) is 11.0 Å². The molecule has 0 saturated heterocycles. The predicted molar refractivity (Wildman–Crippen MR) is 76.2 cm³/mol. The third-order valence-corrected chi connectivity index (χ3v) is 3.94. The van der Waals surface area contributed by atoms with E-state index in [2.05, 4.69) is 9.50 Å². The maximum absolute atomic E-state index is 11.8. The van der Waals surface area contributed by atoms with Crippen molar-refractivity contribution < 1.29 is 4.21 Å². The van der Waals surface area contributed by atoms with Gasteiger partial charge in [-0.05, 0) is 38.5 Å². The van der Waals surface area contributed by atoms with E-state index in [1.165, 1.54) is 0 Å². The molecule has 2 aromatic rings. The van der Waals surface area contributed by atoms with Gasteiger partial charge in [-0.1, -0.05) is 6.07 Å². The maximum Gasteiger partial charge on any atom is 0.144 e. The molecule has 0 N–H and O–H groups in total. The van der Waals surface area contributed by atoms with Crippen LogP contribution in [0.5, 0.6) is 0 Å². The number of aryl methyl sites for hydroxylation is 1. The van der Waals surface area contributed by atoms with Crippen LogP contribution in [0.3, 0.4) is 0 Å². The maximum atomic E-state index is 11.8. The zero-order valence-electron chi connectivity index (χ0n) is 11.0. The number of fused-ring (bicyclic) bond motifs is 1. The number of hydrogen-bond donors (Lipinski definition) is 0. The van der Waals surface area contributed by atoms with Crippen molar-refractivity contribution >= 4 is 28.1 Å². The van der Waals surface area contributed by atoms with Crippen molar-refractivity contribution in [2.45, 2.75) is 25.5 Å². The van der Waals surface area contributed by atoms with Crippen LogP contribution < -0.4 is 0 Å². The monoisotopic (exact) mass is 263 g/mol. The predicted octanol–water partition coefficient (Wildman–Crippen LogP) is 2.45. The molecule has 18 heavy (non-hydrogen) atoms. The summed E-state index contributed by atoms with van der Waals surface area (Å²) in [6, 6.07) is 5.93. The van der Waals surface area contributed by atoms with Crippen LogP contribution in [-0.2, 0) is 18.0 Å². The molecule has 0 aliphatic heterocycles. The van der Waals surface area contributed by atoms with Gasteiger partial charge in [0.05, 0.1) is 16.5 Å². The highest BCUT2D eigenvalue weighted by atomic mass is 32.2. The second kappa shape index (κ2) is 4.65. The minimum atomic E-state index is -1.22. The average molecular weight is 263 g/mol. The van der Waals surface area contributed by atoms with Crippen molar-refractivity contribution in [2.75, 3.05) is 0 Å². The van der Waals surface area contributed by atoms with E-state index in [0.29, 0.717) is 0 Å². The molecule has 0 aliphatic carbocycles. The zero-order valence-corrected chi connectivity index (χ0v) is 11.9. The molecule has 0 aliphatic rings. The molecular formula is C13H17N3OS. The van der Waals surface area contributed by atoms with Crippen molar-refractivity contribution in [2.24, 2.45) is 11.4 Å². The SMILES string of the molecule is Cn1ncc2cc(C=N[S@@](=O)C(C)(C)C)ccc21. The summed E-state index contributed by atoms with van der Waals surface area (Å²) >= 11 is 0. The first-order valence-electron chi connectivity index (χ1n) is 5.76. The van der Waals surface area contributed by atoms with E-state index in [0.717, 1.165) is 16.5 Å². The topological polar surface area (TPSA) is 47.2 Å². The van der Waals surface area contributed by atoms with E-state index in [-0.39, 0.29) is 4.75 Å². The summed E-state index contributed by atoms with van der Waals surface area (Å²) in [5.41, 5.74) is 2.01. The lowest BCUT2D eigenvalue weighted by molar-refractivity contribution is 0.651. The summed E-state index contributed by atoms with van der Waals surface area (Å²) in [5.74, 6) is 0.